The molecule has 4 nitrogen and oxygen atoms in total. The van der Waals surface area contributed by atoms with Crippen LogP contribution in [0.25, 0.3) is 0 Å². The molecule has 4 heteroatoms. The van der Waals surface area contributed by atoms with Gasteiger partial charge in [0.25, 0.3) is 5.91 Å². The molecule has 0 N–H and O–H groups in total. The van der Waals surface area contributed by atoms with Crippen LogP contribution in [0.5, 0.6) is 0 Å². The first-order valence-corrected chi connectivity index (χ1v) is 4.30. The average Bonchev–Trinajstić information content (AvgIpc) is 2.27. The van der Waals surface area contributed by atoms with E-state index in [0.717, 1.165) is 0 Å². The number of pyridine rings is 1. The van der Waals surface area contributed by atoms with Gasteiger partial charge in [0.15, 0.2) is 0 Å². The Morgan fingerprint density at radius 1 is 1.71 bits per heavy atom. The van der Waals surface area contributed by atoms with E-state index in [2.05, 4.69) is 4.98 Å². The highest BCUT2D eigenvalue weighted by atomic mass is 16.2. The van der Waals surface area contributed by atoms with E-state index in [1.165, 1.54) is 12.3 Å². The lowest BCUT2D eigenvalue weighted by Crippen LogP contribution is -2.27. The lowest BCUT2D eigenvalue weighted by molar-refractivity contribution is 0.0796. The molecule has 0 aliphatic heterocycles. The van der Waals surface area contributed by atoms with Crippen LogP contribution in [0.2, 0.25) is 0 Å². The van der Waals surface area contributed by atoms with Crippen molar-refractivity contribution in [3.63, 3.8) is 0 Å². The van der Waals surface area contributed by atoms with Gasteiger partial charge >= 0.3 is 0 Å². The van der Waals surface area contributed by atoms with Gasteiger partial charge < -0.3 is 4.90 Å². The Hall–Kier alpha value is -1.89. The smallest absolute Gasteiger partial charge is 0.272 e. The third-order valence-corrected chi connectivity index (χ3v) is 1.93. The van der Waals surface area contributed by atoms with Gasteiger partial charge in [-0.2, -0.15) is 5.26 Å². The molecule has 0 atom stereocenters. The van der Waals surface area contributed by atoms with Gasteiger partial charge in [-0.25, -0.2) is 0 Å². The Bertz CT molecular complexity index is 381. The fraction of sp³-hybridized carbons (Fsp3) is 0.300. The number of amides is 1. The molecule has 1 heterocycles. The van der Waals surface area contributed by atoms with E-state index in [0.29, 0.717) is 17.8 Å². The van der Waals surface area contributed by atoms with Gasteiger partial charge in [0.2, 0.25) is 0 Å². The van der Waals surface area contributed by atoms with Crippen LogP contribution in [-0.4, -0.2) is 29.4 Å². The summed E-state index contributed by atoms with van der Waals surface area (Å²) in [6.07, 6.45) is 1.47. The summed E-state index contributed by atoms with van der Waals surface area (Å²) < 4.78 is 0. The van der Waals surface area contributed by atoms with Crippen LogP contribution in [0.4, 0.5) is 0 Å². The molecule has 1 amide bonds. The van der Waals surface area contributed by atoms with Gasteiger partial charge in [0, 0.05) is 19.8 Å². The van der Waals surface area contributed by atoms with E-state index in [4.69, 9.17) is 5.26 Å². The van der Waals surface area contributed by atoms with Crippen LogP contribution in [0.3, 0.4) is 0 Å². The average molecular weight is 189 g/mol. The SMILES string of the molecule is CCN(C)C(=O)c1cc(C#N)ccn1. The Kier molecular flexibility index (Phi) is 3.19. The predicted molar refractivity (Wildman–Crippen MR) is 51.6 cm³/mol. The van der Waals surface area contributed by atoms with Gasteiger partial charge in [0.05, 0.1) is 11.6 Å². The van der Waals surface area contributed by atoms with Crippen LogP contribution >= 0.6 is 0 Å². The fourth-order valence-electron chi connectivity index (χ4n) is 0.956. The summed E-state index contributed by atoms with van der Waals surface area (Å²) >= 11 is 0. The van der Waals surface area contributed by atoms with Gasteiger partial charge in [-0.05, 0) is 19.1 Å². The third kappa shape index (κ3) is 2.07. The summed E-state index contributed by atoms with van der Waals surface area (Å²) in [5.41, 5.74) is 0.765. The molecule has 1 aromatic heterocycles. The molecule has 0 fully saturated rings. The Morgan fingerprint density at radius 2 is 2.43 bits per heavy atom. The number of hydrogen-bond acceptors (Lipinski definition) is 3. The zero-order valence-corrected chi connectivity index (χ0v) is 8.19. The van der Waals surface area contributed by atoms with Crippen molar-refractivity contribution in [3.8, 4) is 6.07 Å². The molecule has 0 aromatic carbocycles. The summed E-state index contributed by atoms with van der Waals surface area (Å²) in [7, 11) is 1.70. The summed E-state index contributed by atoms with van der Waals surface area (Å²) in [6, 6.07) is 5.04. The van der Waals surface area contributed by atoms with Crippen molar-refractivity contribution in [2.45, 2.75) is 6.92 Å². The van der Waals surface area contributed by atoms with Crippen LogP contribution in [0.15, 0.2) is 18.3 Å². The number of nitrogens with zero attached hydrogens (tertiary/aromatic N) is 3. The monoisotopic (exact) mass is 189 g/mol. The lowest BCUT2D eigenvalue weighted by atomic mass is 10.2. The Morgan fingerprint density at radius 3 is 3.00 bits per heavy atom. The molecule has 1 rings (SSSR count). The summed E-state index contributed by atoms with van der Waals surface area (Å²) in [5.74, 6) is -0.162. The number of nitriles is 1. The minimum atomic E-state index is -0.162. The molecule has 0 saturated heterocycles. The largest absolute Gasteiger partial charge is 0.341 e. The van der Waals surface area contributed by atoms with E-state index in [9.17, 15) is 4.79 Å². The van der Waals surface area contributed by atoms with Crippen LogP contribution in [-0.2, 0) is 0 Å². The molecule has 1 aromatic rings. The number of hydrogen-bond donors (Lipinski definition) is 0. The first-order valence-electron chi connectivity index (χ1n) is 4.30. The molecule has 14 heavy (non-hydrogen) atoms. The molecule has 0 aliphatic carbocycles. The second-order valence-corrected chi connectivity index (χ2v) is 2.86. The van der Waals surface area contributed by atoms with E-state index in [1.54, 1.807) is 18.0 Å². The second kappa shape index (κ2) is 4.38. The van der Waals surface area contributed by atoms with Gasteiger partial charge in [0.1, 0.15) is 5.69 Å². The minimum absolute atomic E-state index is 0.162. The lowest BCUT2D eigenvalue weighted by Gasteiger charge is -2.13. The molecule has 0 spiro atoms. The topological polar surface area (TPSA) is 57.0 Å². The molecule has 0 saturated carbocycles. The van der Waals surface area contributed by atoms with Crippen molar-refractivity contribution < 1.29 is 4.79 Å². The molecule has 0 aliphatic rings. The molecule has 72 valence electrons. The molecule has 0 unspecified atom stereocenters. The van der Waals surface area contributed by atoms with Crippen molar-refractivity contribution in [2.24, 2.45) is 0 Å². The maximum atomic E-state index is 11.6. The summed E-state index contributed by atoms with van der Waals surface area (Å²) in [4.78, 5) is 17.1. The van der Waals surface area contributed by atoms with Crippen LogP contribution < -0.4 is 0 Å². The number of rotatable bonds is 2. The molecular formula is C10H11N3O. The second-order valence-electron chi connectivity index (χ2n) is 2.86. The summed E-state index contributed by atoms with van der Waals surface area (Å²) in [5, 5.41) is 8.64. The quantitative estimate of drug-likeness (QED) is 0.698. The minimum Gasteiger partial charge on any atom is -0.341 e. The highest BCUT2D eigenvalue weighted by molar-refractivity contribution is 5.92. The van der Waals surface area contributed by atoms with E-state index in [-0.39, 0.29) is 5.91 Å². The van der Waals surface area contributed by atoms with E-state index < -0.39 is 0 Å². The Labute approximate surface area is 82.8 Å². The van der Waals surface area contributed by atoms with Gasteiger partial charge in [-0.1, -0.05) is 0 Å². The standard InChI is InChI=1S/C10H11N3O/c1-3-13(2)10(14)9-6-8(7-11)4-5-12-9/h4-6H,3H2,1-2H3. The highest BCUT2D eigenvalue weighted by Crippen LogP contribution is 2.03. The first-order chi connectivity index (χ1) is 6.69. The van der Waals surface area contributed by atoms with Crippen molar-refractivity contribution >= 4 is 5.91 Å². The zero-order valence-electron chi connectivity index (χ0n) is 8.19. The predicted octanol–water partition coefficient (Wildman–Crippen LogP) is 1.05. The Balaban J connectivity index is 2.97. The zero-order chi connectivity index (χ0) is 10.6. The van der Waals surface area contributed by atoms with E-state index in [1.807, 2.05) is 13.0 Å². The number of carbonyl (C=O) groups is 1. The highest BCUT2D eigenvalue weighted by Gasteiger charge is 2.11. The van der Waals surface area contributed by atoms with E-state index >= 15 is 0 Å². The first kappa shape index (κ1) is 10.2. The van der Waals surface area contributed by atoms with Gasteiger partial charge in [-0.3, -0.25) is 9.78 Å². The van der Waals surface area contributed by atoms with Crippen LogP contribution in [0.1, 0.15) is 23.0 Å². The van der Waals surface area contributed by atoms with Crippen molar-refractivity contribution in [2.75, 3.05) is 13.6 Å². The number of carbonyl (C=O) groups excluding carboxylic acids is 1. The maximum absolute atomic E-state index is 11.6. The molecule has 0 radical (unpaired) electrons. The normalized spacial score (nSPS) is 9.21. The van der Waals surface area contributed by atoms with Crippen LogP contribution in [0, 0.1) is 11.3 Å². The molecular weight excluding hydrogens is 178 g/mol. The number of aromatic nitrogens is 1. The van der Waals surface area contributed by atoms with Crippen molar-refractivity contribution in [1.82, 2.24) is 9.88 Å². The molecule has 0 bridgehead atoms. The third-order valence-electron chi connectivity index (χ3n) is 1.93. The fourth-order valence-corrected chi connectivity index (χ4v) is 0.956. The van der Waals surface area contributed by atoms with Gasteiger partial charge in [-0.15, -0.1) is 0 Å². The van der Waals surface area contributed by atoms with Crippen molar-refractivity contribution in [3.05, 3.63) is 29.6 Å². The maximum Gasteiger partial charge on any atom is 0.272 e. The summed E-state index contributed by atoms with van der Waals surface area (Å²) in [6.45, 7) is 2.50. The van der Waals surface area contributed by atoms with Crippen molar-refractivity contribution in [1.29, 1.82) is 5.26 Å².